The second kappa shape index (κ2) is 8.06. The van der Waals surface area contributed by atoms with E-state index in [1.54, 1.807) is 0 Å². The molecule has 0 aliphatic heterocycles. The first-order valence-corrected chi connectivity index (χ1v) is 4.44. The summed E-state index contributed by atoms with van der Waals surface area (Å²) in [6, 6.07) is 0. The topological polar surface area (TPSA) is 0 Å². The van der Waals surface area contributed by atoms with E-state index in [9.17, 15) is 0 Å². The van der Waals surface area contributed by atoms with Gasteiger partial charge in [0.15, 0.2) is 0 Å². The Morgan fingerprint density at radius 3 is 2.58 bits per heavy atom. The molecule has 0 fully saturated rings. The lowest BCUT2D eigenvalue weighted by Crippen LogP contribution is -1.72. The first-order chi connectivity index (χ1) is 5.85. The van der Waals surface area contributed by atoms with Gasteiger partial charge in [0.2, 0.25) is 0 Å². The van der Waals surface area contributed by atoms with Crippen LogP contribution in [0.4, 0.5) is 0 Å². The normalized spacial score (nSPS) is 13.0. The third-order valence-electron chi connectivity index (χ3n) is 1.58. The van der Waals surface area contributed by atoms with E-state index in [4.69, 9.17) is 0 Å². The van der Waals surface area contributed by atoms with Crippen molar-refractivity contribution >= 4 is 0 Å². The molecule has 0 heteroatoms. The van der Waals surface area contributed by atoms with Gasteiger partial charge in [-0.3, -0.25) is 0 Å². The average molecular weight is 162 g/mol. The maximum atomic E-state index is 3.67. The summed E-state index contributed by atoms with van der Waals surface area (Å²) in [5.41, 5.74) is 1.33. The zero-order valence-electron chi connectivity index (χ0n) is 8.09. The van der Waals surface area contributed by atoms with Crippen LogP contribution in [0.5, 0.6) is 0 Å². The summed E-state index contributed by atoms with van der Waals surface area (Å²) in [5.74, 6) is 0. The number of rotatable bonds is 5. The highest BCUT2D eigenvalue weighted by Gasteiger charge is 1.82. The second-order valence-electron chi connectivity index (χ2n) is 2.54. The molecule has 0 saturated carbocycles. The Morgan fingerprint density at radius 1 is 1.33 bits per heavy atom. The van der Waals surface area contributed by atoms with Crippen LogP contribution in [0.2, 0.25) is 0 Å². The van der Waals surface area contributed by atoms with Crippen LogP contribution in [-0.4, -0.2) is 0 Å². The van der Waals surface area contributed by atoms with Gasteiger partial charge >= 0.3 is 0 Å². The van der Waals surface area contributed by atoms with Gasteiger partial charge in [-0.1, -0.05) is 50.0 Å². The Morgan fingerprint density at radius 2 is 2.08 bits per heavy atom. The molecule has 0 unspecified atom stereocenters. The summed E-state index contributed by atoms with van der Waals surface area (Å²) in [6.45, 7) is 7.85. The number of hydrogen-bond donors (Lipinski definition) is 0. The van der Waals surface area contributed by atoms with E-state index in [1.807, 2.05) is 19.1 Å². The summed E-state index contributed by atoms with van der Waals surface area (Å²) < 4.78 is 0. The van der Waals surface area contributed by atoms with E-state index in [1.165, 1.54) is 5.57 Å². The molecule has 0 aliphatic rings. The van der Waals surface area contributed by atoms with Crippen molar-refractivity contribution in [3.63, 3.8) is 0 Å². The van der Waals surface area contributed by atoms with Gasteiger partial charge in [-0.25, -0.2) is 0 Å². The number of hydrogen-bond acceptors (Lipinski definition) is 0. The molecule has 0 rings (SSSR count). The zero-order valence-corrected chi connectivity index (χ0v) is 8.09. The maximum Gasteiger partial charge on any atom is -0.0166 e. The lowest BCUT2D eigenvalue weighted by atomic mass is 10.1. The Balaban J connectivity index is 3.92. The van der Waals surface area contributed by atoms with E-state index in [0.29, 0.717) is 0 Å². The summed E-state index contributed by atoms with van der Waals surface area (Å²) >= 11 is 0. The van der Waals surface area contributed by atoms with E-state index < -0.39 is 0 Å². The smallest absolute Gasteiger partial charge is 0.0166 e. The van der Waals surface area contributed by atoms with Gasteiger partial charge in [0.25, 0.3) is 0 Å². The molecule has 0 aromatic rings. The van der Waals surface area contributed by atoms with Crippen LogP contribution in [-0.2, 0) is 0 Å². The molecule has 0 nitrogen and oxygen atoms in total. The summed E-state index contributed by atoms with van der Waals surface area (Å²) in [7, 11) is 0. The van der Waals surface area contributed by atoms with Gasteiger partial charge in [0, 0.05) is 0 Å². The van der Waals surface area contributed by atoms with Gasteiger partial charge < -0.3 is 0 Å². The van der Waals surface area contributed by atoms with Crippen molar-refractivity contribution in [3.8, 4) is 0 Å². The lowest BCUT2D eigenvalue weighted by molar-refractivity contribution is 1.14. The van der Waals surface area contributed by atoms with E-state index in [-0.39, 0.29) is 0 Å². The molecule has 0 atom stereocenters. The van der Waals surface area contributed by atoms with Crippen LogP contribution in [0, 0.1) is 0 Å². The van der Waals surface area contributed by atoms with Crippen molar-refractivity contribution in [2.24, 2.45) is 0 Å². The van der Waals surface area contributed by atoms with Crippen molar-refractivity contribution < 1.29 is 0 Å². The monoisotopic (exact) mass is 162 g/mol. The second-order valence-corrected chi connectivity index (χ2v) is 2.54. The molecule has 0 aromatic carbocycles. The fraction of sp³-hybridized carbons (Fsp3) is 0.333. The summed E-state index contributed by atoms with van der Waals surface area (Å²) in [4.78, 5) is 0. The quantitative estimate of drug-likeness (QED) is 0.423. The van der Waals surface area contributed by atoms with Crippen LogP contribution >= 0.6 is 0 Å². The minimum Gasteiger partial charge on any atom is -0.0991 e. The van der Waals surface area contributed by atoms with Crippen molar-refractivity contribution in [1.82, 2.24) is 0 Å². The maximum absolute atomic E-state index is 3.67. The summed E-state index contributed by atoms with van der Waals surface area (Å²) in [5, 5.41) is 0. The molecule has 66 valence electrons. The SMILES string of the molecule is C=CC=C(C=CCC=CC)CC. The molecule has 0 saturated heterocycles. The minimum absolute atomic E-state index is 1.02. The highest BCUT2D eigenvalue weighted by Crippen LogP contribution is 2.03. The van der Waals surface area contributed by atoms with Gasteiger partial charge in [-0.15, -0.1) is 0 Å². The van der Waals surface area contributed by atoms with Crippen LogP contribution in [0.25, 0.3) is 0 Å². The van der Waals surface area contributed by atoms with Gasteiger partial charge in [0.05, 0.1) is 0 Å². The Kier molecular flexibility index (Phi) is 7.36. The molecular formula is C12H18. The third kappa shape index (κ3) is 5.72. The highest BCUT2D eigenvalue weighted by atomic mass is 13.9. The standard InChI is InChI=1S/C12H18/c1-4-7-8-9-11-12(6-3)10-5-2/h4-5,7,9-11H,2,6,8H2,1,3H3. The predicted octanol–water partition coefficient (Wildman–Crippen LogP) is 4.03. The van der Waals surface area contributed by atoms with Gasteiger partial charge in [-0.2, -0.15) is 0 Å². The predicted molar refractivity (Wildman–Crippen MR) is 57.1 cm³/mol. The Bertz CT molecular complexity index is 192. The van der Waals surface area contributed by atoms with Crippen LogP contribution in [0.1, 0.15) is 26.7 Å². The van der Waals surface area contributed by atoms with E-state index in [0.717, 1.165) is 12.8 Å². The van der Waals surface area contributed by atoms with Crippen LogP contribution in [0.3, 0.4) is 0 Å². The molecular weight excluding hydrogens is 144 g/mol. The Labute approximate surface area is 76.0 Å². The Hall–Kier alpha value is -1.04. The fourth-order valence-corrected chi connectivity index (χ4v) is 0.877. The lowest BCUT2D eigenvalue weighted by Gasteiger charge is -1.92. The first-order valence-electron chi connectivity index (χ1n) is 4.44. The molecule has 0 amide bonds. The van der Waals surface area contributed by atoms with Gasteiger partial charge in [0.1, 0.15) is 0 Å². The average Bonchev–Trinajstić information content (AvgIpc) is 2.10. The van der Waals surface area contributed by atoms with Crippen molar-refractivity contribution in [1.29, 1.82) is 0 Å². The zero-order chi connectivity index (χ0) is 9.23. The highest BCUT2D eigenvalue weighted by molar-refractivity contribution is 5.22. The van der Waals surface area contributed by atoms with E-state index >= 15 is 0 Å². The van der Waals surface area contributed by atoms with Crippen LogP contribution < -0.4 is 0 Å². The molecule has 0 bridgehead atoms. The summed E-state index contributed by atoms with van der Waals surface area (Å²) in [6.07, 6.45) is 14.5. The van der Waals surface area contributed by atoms with Crippen LogP contribution in [0.15, 0.2) is 48.6 Å². The third-order valence-corrected chi connectivity index (χ3v) is 1.58. The van der Waals surface area contributed by atoms with Gasteiger partial charge in [-0.05, 0) is 25.3 Å². The fourth-order valence-electron chi connectivity index (χ4n) is 0.877. The van der Waals surface area contributed by atoms with Crippen molar-refractivity contribution in [3.05, 3.63) is 48.6 Å². The number of allylic oxidation sites excluding steroid dienone is 7. The molecule has 0 radical (unpaired) electrons. The minimum atomic E-state index is 1.02. The molecule has 0 spiro atoms. The molecule has 0 N–H and O–H groups in total. The van der Waals surface area contributed by atoms with Crippen molar-refractivity contribution in [2.45, 2.75) is 26.7 Å². The van der Waals surface area contributed by atoms with Crippen molar-refractivity contribution in [2.75, 3.05) is 0 Å². The molecule has 0 aliphatic carbocycles. The molecule has 12 heavy (non-hydrogen) atoms. The molecule has 0 heterocycles. The first kappa shape index (κ1) is 11.0. The van der Waals surface area contributed by atoms with E-state index in [2.05, 4.69) is 37.8 Å². The molecule has 0 aromatic heterocycles. The largest absolute Gasteiger partial charge is 0.0991 e.